The molecule has 0 unspecified atom stereocenters. The van der Waals surface area contributed by atoms with Gasteiger partial charge in [-0.1, -0.05) is 18.2 Å². The molecule has 1 saturated heterocycles. The minimum atomic E-state index is -0.572. The largest absolute Gasteiger partial charge is 0.371 e. The highest BCUT2D eigenvalue weighted by Crippen LogP contribution is 2.34. The van der Waals surface area contributed by atoms with Crippen LogP contribution in [-0.2, 0) is 11.3 Å². The number of likely N-dealkylation sites (N-methyl/N-ethyl adjacent to an activating group) is 1. The van der Waals surface area contributed by atoms with Crippen LogP contribution >= 0.6 is 0 Å². The van der Waals surface area contributed by atoms with Crippen LogP contribution in [0.5, 0.6) is 0 Å². The molecule has 20 heavy (non-hydrogen) atoms. The van der Waals surface area contributed by atoms with Crippen LogP contribution in [0.3, 0.4) is 0 Å². The zero-order chi connectivity index (χ0) is 14.2. The van der Waals surface area contributed by atoms with Gasteiger partial charge in [0.1, 0.15) is 0 Å². The maximum Gasteiger partial charge on any atom is 0.242 e. The molecule has 1 aromatic rings. The van der Waals surface area contributed by atoms with Gasteiger partial charge in [0.2, 0.25) is 5.91 Å². The third-order valence-electron chi connectivity index (χ3n) is 4.41. The van der Waals surface area contributed by atoms with E-state index in [0.29, 0.717) is 6.54 Å². The van der Waals surface area contributed by atoms with Crippen molar-refractivity contribution in [2.75, 3.05) is 25.0 Å². The molecular formula is C16H23N3O. The zero-order valence-corrected chi connectivity index (χ0v) is 12.1. The van der Waals surface area contributed by atoms with Crippen LogP contribution in [0.4, 0.5) is 5.69 Å². The van der Waals surface area contributed by atoms with Crippen molar-refractivity contribution in [1.82, 2.24) is 4.90 Å². The number of hydrogen-bond donors (Lipinski definition) is 1. The maximum absolute atomic E-state index is 12.3. The van der Waals surface area contributed by atoms with E-state index >= 15 is 0 Å². The lowest BCUT2D eigenvalue weighted by Crippen LogP contribution is -2.43. The van der Waals surface area contributed by atoms with E-state index < -0.39 is 5.54 Å². The summed E-state index contributed by atoms with van der Waals surface area (Å²) in [6, 6.07) is 8.40. The highest BCUT2D eigenvalue weighted by atomic mass is 16.2. The average Bonchev–Trinajstić information content (AvgIpc) is 2.99. The summed E-state index contributed by atoms with van der Waals surface area (Å²) in [5.41, 5.74) is 7.92. The third kappa shape index (κ3) is 2.52. The number of carbonyl (C=O) groups excluding carboxylic acids is 1. The fourth-order valence-electron chi connectivity index (χ4n) is 2.97. The van der Waals surface area contributed by atoms with E-state index in [-0.39, 0.29) is 5.91 Å². The summed E-state index contributed by atoms with van der Waals surface area (Å²) >= 11 is 0. The van der Waals surface area contributed by atoms with E-state index in [9.17, 15) is 4.79 Å². The van der Waals surface area contributed by atoms with Crippen molar-refractivity contribution in [2.45, 2.75) is 37.8 Å². The van der Waals surface area contributed by atoms with Crippen molar-refractivity contribution >= 4 is 11.6 Å². The molecule has 108 valence electrons. The number of nitrogens with zero attached hydrogens (tertiary/aromatic N) is 2. The van der Waals surface area contributed by atoms with Gasteiger partial charge in [-0.05, 0) is 37.3 Å². The maximum atomic E-state index is 12.3. The van der Waals surface area contributed by atoms with Gasteiger partial charge < -0.3 is 15.5 Å². The predicted molar refractivity (Wildman–Crippen MR) is 80.5 cm³/mol. The lowest BCUT2D eigenvalue weighted by molar-refractivity contribution is -0.132. The second-order valence-electron chi connectivity index (χ2n) is 6.14. The number of carbonyl (C=O) groups is 1. The van der Waals surface area contributed by atoms with Crippen LogP contribution in [0.15, 0.2) is 24.3 Å². The van der Waals surface area contributed by atoms with E-state index in [1.165, 1.54) is 24.1 Å². The van der Waals surface area contributed by atoms with Crippen molar-refractivity contribution < 1.29 is 4.79 Å². The quantitative estimate of drug-likeness (QED) is 0.909. The average molecular weight is 273 g/mol. The molecule has 1 aliphatic carbocycles. The van der Waals surface area contributed by atoms with Crippen molar-refractivity contribution in [2.24, 2.45) is 5.73 Å². The lowest BCUT2D eigenvalue weighted by Gasteiger charge is -2.26. The molecular weight excluding hydrogens is 250 g/mol. The molecule has 0 bridgehead atoms. The Hall–Kier alpha value is -1.55. The summed E-state index contributed by atoms with van der Waals surface area (Å²) in [5.74, 6) is 0.0775. The minimum Gasteiger partial charge on any atom is -0.371 e. The molecule has 0 atom stereocenters. The van der Waals surface area contributed by atoms with Gasteiger partial charge in [-0.15, -0.1) is 0 Å². The van der Waals surface area contributed by atoms with E-state index in [1.807, 2.05) is 13.1 Å². The van der Waals surface area contributed by atoms with E-state index in [1.54, 1.807) is 4.90 Å². The summed E-state index contributed by atoms with van der Waals surface area (Å²) in [6.45, 7) is 2.88. The Balaban J connectivity index is 1.75. The highest BCUT2D eigenvalue weighted by molar-refractivity contribution is 5.89. The molecule has 4 nitrogen and oxygen atoms in total. The second kappa shape index (κ2) is 5.09. The molecule has 3 rings (SSSR count). The lowest BCUT2D eigenvalue weighted by atomic mass is 10.1. The minimum absolute atomic E-state index is 0.0775. The van der Waals surface area contributed by atoms with E-state index in [2.05, 4.69) is 23.1 Å². The predicted octanol–water partition coefficient (Wildman–Crippen LogP) is 1.74. The summed E-state index contributed by atoms with van der Waals surface area (Å²) in [5, 5.41) is 0. The molecule has 2 aliphatic rings. The molecule has 1 saturated carbocycles. The summed E-state index contributed by atoms with van der Waals surface area (Å²) in [4.78, 5) is 16.5. The molecule has 0 aromatic heterocycles. The number of para-hydroxylation sites is 1. The third-order valence-corrected chi connectivity index (χ3v) is 4.41. The topological polar surface area (TPSA) is 49.6 Å². The van der Waals surface area contributed by atoms with Gasteiger partial charge in [-0.3, -0.25) is 4.79 Å². The Morgan fingerprint density at radius 1 is 1.30 bits per heavy atom. The van der Waals surface area contributed by atoms with Crippen molar-refractivity contribution in [3.05, 3.63) is 29.8 Å². The van der Waals surface area contributed by atoms with Gasteiger partial charge in [0.25, 0.3) is 0 Å². The normalized spacial score (nSPS) is 20.0. The smallest absolute Gasteiger partial charge is 0.242 e. The van der Waals surface area contributed by atoms with E-state index in [0.717, 1.165) is 25.9 Å². The van der Waals surface area contributed by atoms with Crippen molar-refractivity contribution in [3.8, 4) is 0 Å². The molecule has 1 amide bonds. The van der Waals surface area contributed by atoms with Crippen LogP contribution in [0.2, 0.25) is 0 Å². The molecule has 2 N–H and O–H groups in total. The first-order valence-corrected chi connectivity index (χ1v) is 7.47. The van der Waals surface area contributed by atoms with Gasteiger partial charge >= 0.3 is 0 Å². The van der Waals surface area contributed by atoms with Crippen LogP contribution in [0.25, 0.3) is 0 Å². The number of anilines is 1. The highest BCUT2D eigenvalue weighted by Gasteiger charge is 2.47. The van der Waals surface area contributed by atoms with Gasteiger partial charge in [0.15, 0.2) is 0 Å². The molecule has 0 spiro atoms. The Labute approximate surface area is 120 Å². The Morgan fingerprint density at radius 3 is 2.60 bits per heavy atom. The monoisotopic (exact) mass is 273 g/mol. The molecule has 1 heterocycles. The zero-order valence-electron chi connectivity index (χ0n) is 12.1. The van der Waals surface area contributed by atoms with Crippen LogP contribution in [0, 0.1) is 0 Å². The first kappa shape index (κ1) is 13.4. The Morgan fingerprint density at radius 2 is 1.95 bits per heavy atom. The number of hydrogen-bond acceptors (Lipinski definition) is 3. The first-order chi connectivity index (χ1) is 9.60. The number of benzene rings is 1. The van der Waals surface area contributed by atoms with Gasteiger partial charge in [-0.25, -0.2) is 0 Å². The second-order valence-corrected chi connectivity index (χ2v) is 6.14. The van der Waals surface area contributed by atoms with Gasteiger partial charge in [-0.2, -0.15) is 0 Å². The van der Waals surface area contributed by atoms with Crippen LogP contribution in [-0.4, -0.2) is 36.5 Å². The Bertz CT molecular complexity index is 504. The van der Waals surface area contributed by atoms with Gasteiger partial charge in [0, 0.05) is 32.4 Å². The van der Waals surface area contributed by atoms with E-state index in [4.69, 9.17) is 5.73 Å². The van der Waals surface area contributed by atoms with Gasteiger partial charge in [0.05, 0.1) is 5.54 Å². The van der Waals surface area contributed by atoms with Crippen molar-refractivity contribution in [3.63, 3.8) is 0 Å². The van der Waals surface area contributed by atoms with Crippen LogP contribution in [0.1, 0.15) is 31.2 Å². The molecule has 0 radical (unpaired) electrons. The first-order valence-electron chi connectivity index (χ1n) is 7.47. The summed E-state index contributed by atoms with van der Waals surface area (Å²) in [7, 11) is 1.86. The summed E-state index contributed by atoms with van der Waals surface area (Å²) < 4.78 is 0. The molecule has 2 fully saturated rings. The molecule has 4 heteroatoms. The fraction of sp³-hybridized carbons (Fsp3) is 0.562. The fourth-order valence-corrected chi connectivity index (χ4v) is 2.97. The number of nitrogens with two attached hydrogens (primary N) is 1. The SMILES string of the molecule is CN(Cc1ccccc1N1CCCC1)C(=O)C1(N)CC1. The number of rotatable bonds is 4. The summed E-state index contributed by atoms with van der Waals surface area (Å²) in [6.07, 6.45) is 4.16. The van der Waals surface area contributed by atoms with Crippen molar-refractivity contribution in [1.29, 1.82) is 0 Å². The Kier molecular flexibility index (Phi) is 3.42. The standard InChI is InChI=1S/C16H23N3O/c1-18(15(20)16(17)8-9-16)12-13-6-2-3-7-14(13)19-10-4-5-11-19/h2-3,6-7H,4-5,8-12,17H2,1H3. The molecule has 1 aliphatic heterocycles. The number of amides is 1. The van der Waals surface area contributed by atoms with Crippen LogP contribution < -0.4 is 10.6 Å². The molecule has 1 aromatic carbocycles.